The van der Waals surface area contributed by atoms with Crippen molar-refractivity contribution in [1.82, 2.24) is 0 Å². The number of hydrogen-bond acceptors (Lipinski definition) is 0. The van der Waals surface area contributed by atoms with Gasteiger partial charge in [-0.3, -0.25) is 0 Å². The Morgan fingerprint density at radius 1 is 0.800 bits per heavy atom. The van der Waals surface area contributed by atoms with Crippen molar-refractivity contribution in [2.24, 2.45) is 17.8 Å². The van der Waals surface area contributed by atoms with Crippen LogP contribution in [0.4, 0.5) is 0 Å². The minimum absolute atomic E-state index is 0.968. The summed E-state index contributed by atoms with van der Waals surface area (Å²) in [5.41, 5.74) is 0. The summed E-state index contributed by atoms with van der Waals surface area (Å²) in [6.07, 6.45) is 13.3. The van der Waals surface area contributed by atoms with Crippen LogP contribution in [0.25, 0.3) is 0 Å². The molecule has 90 valence electrons. The van der Waals surface area contributed by atoms with Gasteiger partial charge in [0.2, 0.25) is 0 Å². The molecule has 0 aliphatic heterocycles. The molecule has 15 heavy (non-hydrogen) atoms. The second-order valence-electron chi connectivity index (χ2n) is 5.94. The van der Waals surface area contributed by atoms with E-state index < -0.39 is 0 Å². The van der Waals surface area contributed by atoms with Gasteiger partial charge < -0.3 is 0 Å². The lowest BCUT2D eigenvalue weighted by Gasteiger charge is -2.16. The molecule has 0 nitrogen and oxygen atoms in total. The fraction of sp³-hybridized carbons (Fsp3) is 1.00. The highest BCUT2D eigenvalue weighted by atomic mass is 14.2. The summed E-state index contributed by atoms with van der Waals surface area (Å²) in [6.45, 7) is 7.28. The Morgan fingerprint density at radius 3 is 2.00 bits per heavy atom. The van der Waals surface area contributed by atoms with Crippen LogP contribution in [0.2, 0.25) is 0 Å². The molecular formula is C15H30. The highest BCUT2D eigenvalue weighted by Crippen LogP contribution is 2.27. The third-order valence-electron chi connectivity index (χ3n) is 4.25. The first-order chi connectivity index (χ1) is 7.22. The Labute approximate surface area is 96.8 Å². The van der Waals surface area contributed by atoms with E-state index in [9.17, 15) is 0 Å². The first kappa shape index (κ1) is 13.1. The van der Waals surface area contributed by atoms with Gasteiger partial charge in [-0.2, -0.15) is 0 Å². The normalized spacial score (nSPS) is 35.8. The zero-order valence-electron chi connectivity index (χ0n) is 11.1. The van der Waals surface area contributed by atoms with Crippen molar-refractivity contribution in [2.45, 2.75) is 78.6 Å². The molecule has 0 heteroatoms. The molecule has 1 saturated carbocycles. The van der Waals surface area contributed by atoms with Gasteiger partial charge in [0.15, 0.2) is 0 Å². The molecule has 1 aliphatic carbocycles. The Hall–Kier alpha value is 0. The van der Waals surface area contributed by atoms with Crippen LogP contribution in [0.1, 0.15) is 78.6 Å². The van der Waals surface area contributed by atoms with Crippen LogP contribution in [-0.4, -0.2) is 0 Å². The molecule has 0 aromatic rings. The van der Waals surface area contributed by atoms with E-state index in [4.69, 9.17) is 0 Å². The van der Waals surface area contributed by atoms with Crippen molar-refractivity contribution >= 4 is 0 Å². The van der Waals surface area contributed by atoms with Gasteiger partial charge in [-0.1, -0.05) is 72.1 Å². The minimum atomic E-state index is 0.968. The van der Waals surface area contributed by atoms with Gasteiger partial charge in [0.25, 0.3) is 0 Å². The molecular weight excluding hydrogens is 180 g/mol. The largest absolute Gasteiger partial charge is 0.0651 e. The monoisotopic (exact) mass is 210 g/mol. The molecule has 0 aromatic heterocycles. The van der Waals surface area contributed by atoms with Crippen LogP contribution >= 0.6 is 0 Å². The van der Waals surface area contributed by atoms with Gasteiger partial charge >= 0.3 is 0 Å². The Morgan fingerprint density at radius 2 is 1.33 bits per heavy atom. The fourth-order valence-corrected chi connectivity index (χ4v) is 3.16. The summed E-state index contributed by atoms with van der Waals surface area (Å²) in [5, 5.41) is 0. The van der Waals surface area contributed by atoms with Gasteiger partial charge in [-0.25, -0.2) is 0 Å². The lowest BCUT2D eigenvalue weighted by Crippen LogP contribution is -2.03. The Balaban J connectivity index is 2.36. The summed E-state index contributed by atoms with van der Waals surface area (Å²) >= 11 is 0. The number of rotatable bonds is 1. The first-order valence-electron chi connectivity index (χ1n) is 7.22. The summed E-state index contributed by atoms with van der Waals surface area (Å²) in [6, 6.07) is 0. The molecule has 0 spiro atoms. The van der Waals surface area contributed by atoms with E-state index in [1.165, 1.54) is 57.8 Å². The van der Waals surface area contributed by atoms with Crippen LogP contribution in [0.3, 0.4) is 0 Å². The van der Waals surface area contributed by atoms with E-state index in [-0.39, 0.29) is 0 Å². The van der Waals surface area contributed by atoms with Crippen LogP contribution in [0.5, 0.6) is 0 Å². The molecule has 0 aromatic carbocycles. The zero-order valence-corrected chi connectivity index (χ0v) is 11.1. The van der Waals surface area contributed by atoms with E-state index in [2.05, 4.69) is 20.8 Å². The van der Waals surface area contributed by atoms with Crippen LogP contribution in [0, 0.1) is 17.8 Å². The predicted molar refractivity (Wildman–Crippen MR) is 69.0 cm³/mol. The second-order valence-corrected chi connectivity index (χ2v) is 5.94. The van der Waals surface area contributed by atoms with Crippen molar-refractivity contribution in [3.05, 3.63) is 0 Å². The van der Waals surface area contributed by atoms with Crippen molar-refractivity contribution in [1.29, 1.82) is 0 Å². The molecule has 0 N–H and O–H groups in total. The molecule has 3 atom stereocenters. The van der Waals surface area contributed by atoms with E-state index in [1.54, 1.807) is 0 Å². The van der Waals surface area contributed by atoms with E-state index in [0.717, 1.165) is 17.8 Å². The third kappa shape index (κ3) is 5.58. The molecule has 0 radical (unpaired) electrons. The van der Waals surface area contributed by atoms with Gasteiger partial charge in [0, 0.05) is 0 Å². The van der Waals surface area contributed by atoms with Crippen LogP contribution in [-0.2, 0) is 0 Å². The summed E-state index contributed by atoms with van der Waals surface area (Å²) in [7, 11) is 0. The lowest BCUT2D eigenvalue weighted by atomic mass is 9.90. The van der Waals surface area contributed by atoms with Crippen LogP contribution in [0.15, 0.2) is 0 Å². The zero-order chi connectivity index (χ0) is 11.1. The molecule has 0 saturated heterocycles. The SMILES string of the molecule is CCC1CCCCC(C)CC(C)CCC1. The molecule has 0 amide bonds. The van der Waals surface area contributed by atoms with Crippen molar-refractivity contribution in [3.63, 3.8) is 0 Å². The molecule has 1 aliphatic rings. The Bertz CT molecular complexity index is 150. The third-order valence-corrected chi connectivity index (χ3v) is 4.25. The topological polar surface area (TPSA) is 0 Å². The van der Waals surface area contributed by atoms with Crippen LogP contribution < -0.4 is 0 Å². The summed E-state index contributed by atoms with van der Waals surface area (Å²) in [4.78, 5) is 0. The fourth-order valence-electron chi connectivity index (χ4n) is 3.16. The molecule has 0 bridgehead atoms. The Kier molecular flexibility index (Phi) is 6.36. The molecule has 3 unspecified atom stereocenters. The predicted octanol–water partition coefficient (Wildman–Crippen LogP) is 5.42. The van der Waals surface area contributed by atoms with Gasteiger partial charge in [-0.05, 0) is 24.2 Å². The van der Waals surface area contributed by atoms with E-state index in [1.807, 2.05) is 0 Å². The quantitative estimate of drug-likeness (QED) is 0.542. The summed E-state index contributed by atoms with van der Waals surface area (Å²) in [5.74, 6) is 2.97. The second kappa shape index (κ2) is 7.30. The standard InChI is InChI=1S/C15H30/c1-4-15-10-6-5-8-13(2)12-14(3)9-7-11-15/h13-15H,4-12H2,1-3H3. The average Bonchev–Trinajstić information content (AvgIpc) is 2.23. The molecule has 0 heterocycles. The van der Waals surface area contributed by atoms with Crippen molar-refractivity contribution < 1.29 is 0 Å². The average molecular weight is 210 g/mol. The molecule has 1 rings (SSSR count). The van der Waals surface area contributed by atoms with Crippen molar-refractivity contribution in [3.8, 4) is 0 Å². The highest BCUT2D eigenvalue weighted by Gasteiger charge is 2.13. The summed E-state index contributed by atoms with van der Waals surface area (Å²) < 4.78 is 0. The highest BCUT2D eigenvalue weighted by molar-refractivity contribution is 4.66. The number of hydrogen-bond donors (Lipinski definition) is 0. The van der Waals surface area contributed by atoms with Gasteiger partial charge in [0.05, 0.1) is 0 Å². The first-order valence-corrected chi connectivity index (χ1v) is 7.22. The maximum absolute atomic E-state index is 2.45. The van der Waals surface area contributed by atoms with Gasteiger partial charge in [-0.15, -0.1) is 0 Å². The smallest absolute Gasteiger partial charge is 0.0417 e. The van der Waals surface area contributed by atoms with Crippen molar-refractivity contribution in [2.75, 3.05) is 0 Å². The lowest BCUT2D eigenvalue weighted by molar-refractivity contribution is 0.362. The minimum Gasteiger partial charge on any atom is -0.0651 e. The molecule has 1 fully saturated rings. The maximum atomic E-state index is 2.45. The van der Waals surface area contributed by atoms with E-state index in [0.29, 0.717) is 0 Å². The van der Waals surface area contributed by atoms with E-state index >= 15 is 0 Å². The maximum Gasteiger partial charge on any atom is -0.0417 e. The van der Waals surface area contributed by atoms with Gasteiger partial charge in [0.1, 0.15) is 0 Å².